The second-order valence-corrected chi connectivity index (χ2v) is 22.1. The largest absolute Gasteiger partial charge is 0.516 e. The molecule has 1 aromatic rings. The average molecular weight is 1130 g/mol. The Hall–Kier alpha value is -5.15. The first-order chi connectivity index (χ1) is 38.6. The number of cyclic esters (lactones) is 1. The Morgan fingerprint density at radius 2 is 1.06 bits per heavy atom. The van der Waals surface area contributed by atoms with Crippen molar-refractivity contribution in [2.24, 2.45) is 11.8 Å². The van der Waals surface area contributed by atoms with Crippen LogP contribution in [0.15, 0.2) is 11.6 Å². The van der Waals surface area contributed by atoms with Gasteiger partial charge in [-0.05, 0) is 63.9 Å². The SMILES string of the molecule is CCCCCCCCCCCCCCCC(=O)OCC(COC(=O)CCCCCCCCCCCCCCC)OC(=O)CC(C)CCC(C)C(=O)OCOC(=O)Oc1c(C/C=C(\C)CCC(=O)OC)c(OC)c(C)c2c1C(=O)OC2. The maximum Gasteiger partial charge on any atom is 0.516 e. The molecule has 1 aliphatic rings. The number of rotatable bonds is 48. The molecule has 2 rings (SSSR count). The first-order valence-corrected chi connectivity index (χ1v) is 30.8. The van der Waals surface area contributed by atoms with E-state index in [9.17, 15) is 33.6 Å². The standard InChI is InChI=1S/C64H104O16/c1-9-11-13-15-17-19-21-23-25-27-29-31-33-35-56(66)74-44-52(45-75-57(67)36-34-32-30-28-26-24-22-20-18-16-14-12-10-2)79-58(68)43-49(4)37-40-50(5)62(69)77-47-78-64(71)80-61-53(41-38-48(3)39-42-55(65)72-7)60(73-8)51(6)54-46-76-63(70)59(54)61/h38,49-50,52H,9-37,39-47H2,1-8H3/b48-38+. The molecule has 0 saturated carbocycles. The fourth-order valence-electron chi connectivity index (χ4n) is 9.77. The zero-order valence-electron chi connectivity index (χ0n) is 50.7. The zero-order chi connectivity index (χ0) is 58.8. The minimum absolute atomic E-state index is 0.00108. The molecule has 456 valence electrons. The number of carbonyl (C=O) groups excluding carboxylic acids is 7. The summed E-state index contributed by atoms with van der Waals surface area (Å²) < 4.78 is 48.6. The number of benzene rings is 1. The summed E-state index contributed by atoms with van der Waals surface area (Å²) in [6.07, 6.45) is 32.8. The van der Waals surface area contributed by atoms with Crippen molar-refractivity contribution in [1.82, 2.24) is 0 Å². The highest BCUT2D eigenvalue weighted by atomic mass is 16.8. The Morgan fingerprint density at radius 1 is 0.575 bits per heavy atom. The van der Waals surface area contributed by atoms with Crippen LogP contribution in [0, 0.1) is 18.8 Å². The molecule has 0 radical (unpaired) electrons. The molecule has 80 heavy (non-hydrogen) atoms. The molecule has 1 heterocycles. The normalized spacial score (nSPS) is 12.8. The summed E-state index contributed by atoms with van der Waals surface area (Å²) >= 11 is 0. The number of carbonyl (C=O) groups is 7. The molecule has 2 atom stereocenters. The lowest BCUT2D eigenvalue weighted by molar-refractivity contribution is -0.167. The molecule has 0 amide bonds. The minimum atomic E-state index is -1.23. The third kappa shape index (κ3) is 31.7. The van der Waals surface area contributed by atoms with Gasteiger partial charge in [0.2, 0.25) is 6.79 Å². The van der Waals surface area contributed by atoms with Crippen LogP contribution in [0.4, 0.5) is 4.79 Å². The Balaban J connectivity index is 1.87. The summed E-state index contributed by atoms with van der Waals surface area (Å²) in [5, 5.41) is 0. The Morgan fingerprint density at radius 3 is 1.54 bits per heavy atom. The van der Waals surface area contributed by atoms with Crippen LogP contribution in [0.5, 0.6) is 11.5 Å². The third-order valence-electron chi connectivity index (χ3n) is 14.9. The Labute approximate surface area is 480 Å². The van der Waals surface area contributed by atoms with Gasteiger partial charge in [0.25, 0.3) is 0 Å². The smallest absolute Gasteiger partial charge is 0.496 e. The number of unbranched alkanes of at least 4 members (excludes halogenated alkanes) is 24. The van der Waals surface area contributed by atoms with E-state index in [0.717, 1.165) is 44.1 Å². The molecule has 16 heteroatoms. The van der Waals surface area contributed by atoms with E-state index in [-0.39, 0.29) is 87.1 Å². The molecule has 0 fully saturated rings. The lowest BCUT2D eigenvalue weighted by Crippen LogP contribution is -2.31. The van der Waals surface area contributed by atoms with Gasteiger partial charge < -0.3 is 42.6 Å². The van der Waals surface area contributed by atoms with Gasteiger partial charge in [0.15, 0.2) is 11.9 Å². The Bertz CT molecular complexity index is 1950. The van der Waals surface area contributed by atoms with Crippen molar-refractivity contribution in [3.05, 3.63) is 33.9 Å². The second kappa shape index (κ2) is 44.5. The number of hydrogen-bond acceptors (Lipinski definition) is 16. The van der Waals surface area contributed by atoms with E-state index < -0.39 is 42.9 Å². The maximum absolute atomic E-state index is 13.3. The van der Waals surface area contributed by atoms with Crippen molar-refractivity contribution < 1.29 is 76.2 Å². The molecule has 1 aromatic carbocycles. The number of allylic oxidation sites excluding steroid dienone is 2. The zero-order valence-corrected chi connectivity index (χ0v) is 50.7. The van der Waals surface area contributed by atoms with Gasteiger partial charge in [-0.25, -0.2) is 9.59 Å². The summed E-state index contributed by atoms with van der Waals surface area (Å²) in [5.41, 5.74) is 2.44. The quantitative estimate of drug-likeness (QED) is 0.0149. The lowest BCUT2D eigenvalue weighted by atomic mass is 9.94. The van der Waals surface area contributed by atoms with Crippen molar-refractivity contribution in [2.75, 3.05) is 34.2 Å². The summed E-state index contributed by atoms with van der Waals surface area (Å²) in [5.74, 6) is -3.59. The summed E-state index contributed by atoms with van der Waals surface area (Å²) in [6, 6.07) is 0. The van der Waals surface area contributed by atoms with Gasteiger partial charge in [-0.2, -0.15) is 0 Å². The second-order valence-electron chi connectivity index (χ2n) is 22.1. The fourth-order valence-corrected chi connectivity index (χ4v) is 9.77. The van der Waals surface area contributed by atoms with Crippen molar-refractivity contribution in [3.8, 4) is 11.5 Å². The predicted molar refractivity (Wildman–Crippen MR) is 308 cm³/mol. The molecule has 0 saturated heterocycles. The van der Waals surface area contributed by atoms with E-state index in [1.54, 1.807) is 13.8 Å². The van der Waals surface area contributed by atoms with Crippen molar-refractivity contribution >= 4 is 42.0 Å². The fraction of sp³-hybridized carbons (Fsp3) is 0.766. The van der Waals surface area contributed by atoms with Gasteiger partial charge in [-0.3, -0.25) is 24.0 Å². The van der Waals surface area contributed by atoms with Gasteiger partial charge in [0.05, 0.1) is 20.1 Å². The van der Waals surface area contributed by atoms with Gasteiger partial charge in [0, 0.05) is 36.8 Å². The molecule has 0 N–H and O–H groups in total. The molecule has 0 spiro atoms. The van der Waals surface area contributed by atoms with E-state index in [1.165, 1.54) is 130 Å². The summed E-state index contributed by atoms with van der Waals surface area (Å²) in [4.78, 5) is 89.5. The maximum atomic E-state index is 13.3. The van der Waals surface area contributed by atoms with Gasteiger partial charge in [-0.15, -0.1) is 0 Å². The molecular weight excluding hydrogens is 1020 g/mol. The van der Waals surface area contributed by atoms with E-state index in [2.05, 4.69) is 13.8 Å². The molecule has 2 unspecified atom stereocenters. The monoisotopic (exact) mass is 1130 g/mol. The topological polar surface area (TPSA) is 203 Å². The predicted octanol–water partition coefficient (Wildman–Crippen LogP) is 15.5. The third-order valence-corrected chi connectivity index (χ3v) is 14.9. The number of methoxy groups -OCH3 is 2. The molecular formula is C64H104O16. The molecule has 0 aliphatic carbocycles. The molecule has 0 aromatic heterocycles. The van der Waals surface area contributed by atoms with E-state index >= 15 is 0 Å². The Kier molecular flexibility index (Phi) is 39.5. The van der Waals surface area contributed by atoms with Gasteiger partial charge in [0.1, 0.15) is 31.1 Å². The van der Waals surface area contributed by atoms with E-state index in [4.69, 9.17) is 42.6 Å². The van der Waals surface area contributed by atoms with E-state index in [1.807, 2.05) is 19.9 Å². The highest BCUT2D eigenvalue weighted by Gasteiger charge is 2.35. The summed E-state index contributed by atoms with van der Waals surface area (Å²) in [6.45, 7) is 10.3. The van der Waals surface area contributed by atoms with Crippen LogP contribution in [-0.2, 0) is 70.2 Å². The number of ether oxygens (including phenoxy) is 9. The first-order valence-electron chi connectivity index (χ1n) is 30.8. The number of hydrogen-bond donors (Lipinski definition) is 0. The van der Waals surface area contributed by atoms with Crippen LogP contribution in [0.1, 0.15) is 274 Å². The van der Waals surface area contributed by atoms with Crippen LogP contribution in [0.2, 0.25) is 0 Å². The van der Waals surface area contributed by atoms with E-state index in [0.29, 0.717) is 54.5 Å². The van der Waals surface area contributed by atoms with Gasteiger partial charge >= 0.3 is 42.0 Å². The van der Waals surface area contributed by atoms with Crippen molar-refractivity contribution in [3.63, 3.8) is 0 Å². The highest BCUT2D eigenvalue weighted by molar-refractivity contribution is 5.99. The van der Waals surface area contributed by atoms with Crippen LogP contribution in [0.25, 0.3) is 0 Å². The molecule has 16 nitrogen and oxygen atoms in total. The summed E-state index contributed by atoms with van der Waals surface area (Å²) in [7, 11) is 2.78. The first kappa shape index (κ1) is 71.0. The van der Waals surface area contributed by atoms with Crippen LogP contribution < -0.4 is 9.47 Å². The lowest BCUT2D eigenvalue weighted by Gasteiger charge is -2.20. The average Bonchev–Trinajstić information content (AvgIpc) is 3.84. The molecule has 1 aliphatic heterocycles. The minimum Gasteiger partial charge on any atom is -0.496 e. The highest BCUT2D eigenvalue weighted by Crippen LogP contribution is 2.43. The van der Waals surface area contributed by atoms with Gasteiger partial charge in [-0.1, -0.05) is 193 Å². The van der Waals surface area contributed by atoms with Crippen molar-refractivity contribution in [1.29, 1.82) is 0 Å². The van der Waals surface area contributed by atoms with Crippen LogP contribution >= 0.6 is 0 Å². The van der Waals surface area contributed by atoms with Crippen LogP contribution in [-0.4, -0.2) is 82.3 Å². The molecule has 0 bridgehead atoms. The van der Waals surface area contributed by atoms with Crippen molar-refractivity contribution in [2.45, 2.75) is 273 Å². The number of fused-ring (bicyclic) bond motifs is 1. The van der Waals surface area contributed by atoms with Crippen LogP contribution in [0.3, 0.4) is 0 Å². The number of esters is 6.